The summed E-state index contributed by atoms with van der Waals surface area (Å²) < 4.78 is 25.1. The lowest BCUT2D eigenvalue weighted by molar-refractivity contribution is 0.0725. The van der Waals surface area contributed by atoms with Gasteiger partial charge in [0, 0.05) is 6.54 Å². The van der Waals surface area contributed by atoms with E-state index in [1.807, 2.05) is 0 Å². The van der Waals surface area contributed by atoms with Crippen molar-refractivity contribution in [3.63, 3.8) is 0 Å². The van der Waals surface area contributed by atoms with Gasteiger partial charge in [-0.05, 0) is 18.8 Å². The average molecular weight is 233 g/mol. The molecule has 15 heavy (non-hydrogen) atoms. The third kappa shape index (κ3) is 4.32. The Labute approximate surface area is 91.4 Å². The Hall–Kier alpha value is -0.390. The third-order valence-corrected chi connectivity index (χ3v) is 4.05. The Bertz CT molecular complexity index is 300. The molecule has 0 saturated heterocycles. The number of hydrogen-bond acceptors (Lipinski definition) is 3. The molecule has 1 saturated carbocycles. The van der Waals surface area contributed by atoms with Gasteiger partial charge in [-0.3, -0.25) is 0 Å². The minimum atomic E-state index is -3.23. The number of rotatable bonds is 5. The first-order chi connectivity index (χ1) is 7.05. The fourth-order valence-corrected chi connectivity index (χ4v) is 2.77. The Morgan fingerprint density at radius 1 is 1.40 bits per heavy atom. The molecule has 0 aromatic carbocycles. The molecular formula is C10H19NO3S. The summed E-state index contributed by atoms with van der Waals surface area (Å²) in [7, 11) is -3.23. The molecule has 1 aliphatic carbocycles. The maximum Gasteiger partial charge on any atom is 0.215 e. The second-order valence-corrected chi connectivity index (χ2v) is 5.88. The number of aliphatic hydroxyl groups is 1. The summed E-state index contributed by atoms with van der Waals surface area (Å²) in [6.07, 6.45) is 4.80. The summed E-state index contributed by atoms with van der Waals surface area (Å²) in [6.45, 7) is 3.73. The maximum atomic E-state index is 11.3. The number of hydrogen-bond donors (Lipinski definition) is 2. The van der Waals surface area contributed by atoms with E-state index < -0.39 is 10.0 Å². The largest absolute Gasteiger partial charge is 0.393 e. The van der Waals surface area contributed by atoms with E-state index in [1.165, 1.54) is 6.08 Å². The van der Waals surface area contributed by atoms with Gasteiger partial charge in [0.1, 0.15) is 0 Å². The summed E-state index contributed by atoms with van der Waals surface area (Å²) >= 11 is 0. The van der Waals surface area contributed by atoms with Gasteiger partial charge in [-0.15, -0.1) is 6.58 Å². The van der Waals surface area contributed by atoms with Crippen molar-refractivity contribution in [1.82, 2.24) is 4.72 Å². The summed E-state index contributed by atoms with van der Waals surface area (Å²) in [5.74, 6) is 0.00820. The normalized spacial score (nSPS) is 27.5. The molecule has 2 atom stereocenters. The van der Waals surface area contributed by atoms with E-state index in [0.717, 1.165) is 25.7 Å². The molecule has 0 amide bonds. The average Bonchev–Trinajstić information content (AvgIpc) is 2.16. The van der Waals surface area contributed by atoms with Crippen LogP contribution in [0.3, 0.4) is 0 Å². The molecule has 2 unspecified atom stereocenters. The van der Waals surface area contributed by atoms with Crippen molar-refractivity contribution in [3.05, 3.63) is 12.7 Å². The minimum Gasteiger partial charge on any atom is -0.393 e. The van der Waals surface area contributed by atoms with E-state index in [4.69, 9.17) is 0 Å². The summed E-state index contributed by atoms with van der Waals surface area (Å²) in [5, 5.41) is 9.64. The van der Waals surface area contributed by atoms with Crippen LogP contribution in [0, 0.1) is 5.92 Å². The Morgan fingerprint density at radius 2 is 2.07 bits per heavy atom. The molecule has 0 aromatic heterocycles. The van der Waals surface area contributed by atoms with Gasteiger partial charge in [0.25, 0.3) is 0 Å². The Kier molecular flexibility index (Phi) is 4.76. The second-order valence-electron chi connectivity index (χ2n) is 4.03. The van der Waals surface area contributed by atoms with Gasteiger partial charge in [0.2, 0.25) is 10.0 Å². The molecule has 88 valence electrons. The van der Waals surface area contributed by atoms with Crippen LogP contribution in [0.5, 0.6) is 0 Å². The predicted molar refractivity (Wildman–Crippen MR) is 60.0 cm³/mol. The molecule has 0 bridgehead atoms. The van der Waals surface area contributed by atoms with Crippen molar-refractivity contribution < 1.29 is 13.5 Å². The molecule has 0 aliphatic heterocycles. The molecule has 0 spiro atoms. The standard InChI is InChI=1S/C10H19NO3S/c1-2-7-15(13,14)11-8-9-5-3-4-6-10(9)12/h2,9-12H,1,3-8H2. The van der Waals surface area contributed by atoms with Crippen LogP contribution in [-0.4, -0.2) is 31.9 Å². The van der Waals surface area contributed by atoms with Crippen molar-refractivity contribution in [2.75, 3.05) is 12.3 Å². The Morgan fingerprint density at radius 3 is 2.67 bits per heavy atom. The number of nitrogens with one attached hydrogen (secondary N) is 1. The van der Waals surface area contributed by atoms with Gasteiger partial charge in [-0.1, -0.05) is 18.9 Å². The first kappa shape index (κ1) is 12.7. The van der Waals surface area contributed by atoms with Gasteiger partial charge in [0.15, 0.2) is 0 Å². The van der Waals surface area contributed by atoms with Gasteiger partial charge >= 0.3 is 0 Å². The zero-order valence-corrected chi connectivity index (χ0v) is 9.67. The van der Waals surface area contributed by atoms with Gasteiger partial charge in [-0.2, -0.15) is 0 Å². The van der Waals surface area contributed by atoms with Crippen LogP contribution < -0.4 is 4.72 Å². The highest BCUT2D eigenvalue weighted by atomic mass is 32.2. The fourth-order valence-electron chi connectivity index (χ4n) is 1.87. The van der Waals surface area contributed by atoms with Crippen LogP contribution in [0.4, 0.5) is 0 Å². The summed E-state index contributed by atoms with van der Waals surface area (Å²) in [6, 6.07) is 0. The van der Waals surface area contributed by atoms with Crippen LogP contribution in [0.1, 0.15) is 25.7 Å². The molecule has 5 heteroatoms. The van der Waals surface area contributed by atoms with E-state index in [0.29, 0.717) is 6.54 Å². The van der Waals surface area contributed by atoms with Crippen LogP contribution in [0.2, 0.25) is 0 Å². The lowest BCUT2D eigenvalue weighted by atomic mass is 9.87. The molecule has 0 aromatic rings. The van der Waals surface area contributed by atoms with Crippen molar-refractivity contribution in [2.45, 2.75) is 31.8 Å². The van der Waals surface area contributed by atoms with Crippen molar-refractivity contribution >= 4 is 10.0 Å². The number of aliphatic hydroxyl groups excluding tert-OH is 1. The van der Waals surface area contributed by atoms with Crippen LogP contribution >= 0.6 is 0 Å². The SMILES string of the molecule is C=CCS(=O)(=O)NCC1CCCCC1O. The quantitative estimate of drug-likeness (QED) is 0.685. The Balaban J connectivity index is 2.38. The molecule has 0 heterocycles. The van der Waals surface area contributed by atoms with E-state index >= 15 is 0 Å². The monoisotopic (exact) mass is 233 g/mol. The molecule has 2 N–H and O–H groups in total. The van der Waals surface area contributed by atoms with Crippen molar-refractivity contribution in [3.8, 4) is 0 Å². The minimum absolute atomic E-state index is 0.0597. The van der Waals surface area contributed by atoms with Gasteiger partial charge in [-0.25, -0.2) is 13.1 Å². The summed E-state index contributed by atoms with van der Waals surface area (Å²) in [4.78, 5) is 0. The third-order valence-electron chi connectivity index (χ3n) is 2.77. The second kappa shape index (κ2) is 5.63. The zero-order valence-electron chi connectivity index (χ0n) is 8.85. The maximum absolute atomic E-state index is 11.3. The highest BCUT2D eigenvalue weighted by Gasteiger charge is 2.24. The highest BCUT2D eigenvalue weighted by Crippen LogP contribution is 2.23. The lowest BCUT2D eigenvalue weighted by Crippen LogP contribution is -2.37. The van der Waals surface area contributed by atoms with Gasteiger partial charge in [0.05, 0.1) is 11.9 Å². The van der Waals surface area contributed by atoms with Gasteiger partial charge < -0.3 is 5.11 Å². The molecule has 1 fully saturated rings. The molecule has 0 radical (unpaired) electrons. The molecular weight excluding hydrogens is 214 g/mol. The zero-order chi connectivity index (χ0) is 11.3. The van der Waals surface area contributed by atoms with Crippen LogP contribution in [0.15, 0.2) is 12.7 Å². The summed E-state index contributed by atoms with van der Waals surface area (Å²) in [5.41, 5.74) is 0. The molecule has 4 nitrogen and oxygen atoms in total. The first-order valence-electron chi connectivity index (χ1n) is 5.31. The van der Waals surface area contributed by atoms with Crippen molar-refractivity contribution in [1.29, 1.82) is 0 Å². The van der Waals surface area contributed by atoms with Crippen molar-refractivity contribution in [2.24, 2.45) is 5.92 Å². The predicted octanol–water partition coefficient (Wildman–Crippen LogP) is 0.643. The van der Waals surface area contributed by atoms with E-state index in [9.17, 15) is 13.5 Å². The first-order valence-corrected chi connectivity index (χ1v) is 6.96. The molecule has 1 aliphatic rings. The highest BCUT2D eigenvalue weighted by molar-refractivity contribution is 7.89. The van der Waals surface area contributed by atoms with Crippen LogP contribution in [0.25, 0.3) is 0 Å². The smallest absolute Gasteiger partial charge is 0.215 e. The van der Waals surface area contributed by atoms with E-state index in [-0.39, 0.29) is 17.8 Å². The molecule has 1 rings (SSSR count). The fraction of sp³-hybridized carbons (Fsp3) is 0.800. The topological polar surface area (TPSA) is 66.4 Å². The van der Waals surface area contributed by atoms with E-state index in [1.54, 1.807) is 0 Å². The number of sulfonamides is 1. The van der Waals surface area contributed by atoms with E-state index in [2.05, 4.69) is 11.3 Å². The lowest BCUT2D eigenvalue weighted by Gasteiger charge is -2.27. The van der Waals surface area contributed by atoms with Crippen LogP contribution in [-0.2, 0) is 10.0 Å².